The number of benzene rings is 2. The van der Waals surface area contributed by atoms with Crippen LogP contribution in [0, 0.1) is 0 Å². The van der Waals surface area contributed by atoms with Crippen molar-refractivity contribution in [2.45, 2.75) is 11.8 Å². The van der Waals surface area contributed by atoms with E-state index in [0.29, 0.717) is 5.69 Å². The summed E-state index contributed by atoms with van der Waals surface area (Å²) in [5.41, 5.74) is 0.709. The molecule has 2 rings (SSSR count). The van der Waals surface area contributed by atoms with E-state index in [9.17, 15) is 18.0 Å². The Bertz CT molecular complexity index is 921. The maximum absolute atomic E-state index is 12.4. The monoisotopic (exact) mass is 374 g/mol. The van der Waals surface area contributed by atoms with Gasteiger partial charge in [-0.2, -0.15) is 8.42 Å². The van der Waals surface area contributed by atoms with Gasteiger partial charge in [-0.25, -0.2) is 0 Å². The number of anilines is 1. The van der Waals surface area contributed by atoms with Crippen LogP contribution in [0.25, 0.3) is 0 Å². The van der Waals surface area contributed by atoms with Gasteiger partial charge in [0.1, 0.15) is 10.6 Å². The van der Waals surface area contributed by atoms with Gasteiger partial charge in [0.2, 0.25) is 5.91 Å². The van der Waals surface area contributed by atoms with Gasteiger partial charge in [-0.05, 0) is 42.5 Å². The van der Waals surface area contributed by atoms with Gasteiger partial charge in [-0.15, -0.1) is 6.58 Å². The Labute approximate surface area is 151 Å². The molecule has 0 saturated carbocycles. The fourth-order valence-corrected chi connectivity index (χ4v) is 3.01. The first-order chi connectivity index (χ1) is 12.3. The minimum atomic E-state index is -4.11. The van der Waals surface area contributed by atoms with E-state index in [1.807, 2.05) is 0 Å². The average molecular weight is 374 g/mol. The average Bonchev–Trinajstić information content (AvgIpc) is 2.61. The van der Waals surface area contributed by atoms with Gasteiger partial charge in [-0.1, -0.05) is 12.1 Å². The van der Waals surface area contributed by atoms with Crippen molar-refractivity contribution < 1.29 is 22.2 Å². The van der Waals surface area contributed by atoms with Crippen LogP contribution in [0.5, 0.6) is 5.75 Å². The molecule has 0 bridgehead atoms. The molecule has 2 aromatic rings. The second kappa shape index (κ2) is 8.30. The first-order valence-corrected chi connectivity index (χ1v) is 9.04. The number of hydrogen-bond donors (Lipinski definition) is 2. The summed E-state index contributed by atoms with van der Waals surface area (Å²) < 4.78 is 29.9. The summed E-state index contributed by atoms with van der Waals surface area (Å²) >= 11 is 0. The zero-order chi connectivity index (χ0) is 19.2. The Hall–Kier alpha value is -3.13. The third-order valence-electron chi connectivity index (χ3n) is 3.17. The summed E-state index contributed by atoms with van der Waals surface area (Å²) in [6.07, 6.45) is 1.52. The lowest BCUT2D eigenvalue weighted by Crippen LogP contribution is -2.23. The fraction of sp³-hybridized carbons (Fsp3) is 0.111. The molecule has 2 aromatic carbocycles. The van der Waals surface area contributed by atoms with E-state index in [2.05, 4.69) is 17.2 Å². The normalized spacial score (nSPS) is 10.7. The van der Waals surface area contributed by atoms with Crippen LogP contribution >= 0.6 is 0 Å². The maximum Gasteiger partial charge on any atom is 0.339 e. The number of amides is 2. The molecule has 0 aliphatic rings. The van der Waals surface area contributed by atoms with Crippen molar-refractivity contribution >= 4 is 27.6 Å². The van der Waals surface area contributed by atoms with Gasteiger partial charge >= 0.3 is 10.1 Å². The van der Waals surface area contributed by atoms with Crippen molar-refractivity contribution in [3.63, 3.8) is 0 Å². The van der Waals surface area contributed by atoms with E-state index in [1.54, 1.807) is 0 Å². The van der Waals surface area contributed by atoms with Crippen LogP contribution in [0.15, 0.2) is 66.1 Å². The second-order valence-electron chi connectivity index (χ2n) is 5.27. The molecule has 26 heavy (non-hydrogen) atoms. The minimum absolute atomic E-state index is 0.0839. The molecule has 2 amide bonds. The van der Waals surface area contributed by atoms with Gasteiger partial charge in [0.25, 0.3) is 5.91 Å². The first kappa shape index (κ1) is 19.2. The smallest absolute Gasteiger partial charge is 0.339 e. The maximum atomic E-state index is 12.4. The van der Waals surface area contributed by atoms with E-state index in [0.717, 1.165) is 0 Å². The summed E-state index contributed by atoms with van der Waals surface area (Å²) in [6, 6.07) is 11.4. The highest BCUT2D eigenvalue weighted by molar-refractivity contribution is 7.87. The van der Waals surface area contributed by atoms with Crippen molar-refractivity contribution in [3.8, 4) is 5.75 Å². The van der Waals surface area contributed by atoms with E-state index >= 15 is 0 Å². The lowest BCUT2D eigenvalue weighted by Gasteiger charge is -2.09. The Morgan fingerprint density at radius 1 is 1.15 bits per heavy atom. The van der Waals surface area contributed by atoms with Crippen LogP contribution in [0.4, 0.5) is 5.69 Å². The molecular weight excluding hydrogens is 356 g/mol. The lowest BCUT2D eigenvalue weighted by atomic mass is 10.2. The van der Waals surface area contributed by atoms with Gasteiger partial charge in [0.15, 0.2) is 0 Å². The van der Waals surface area contributed by atoms with Gasteiger partial charge in [0.05, 0.1) is 0 Å². The van der Waals surface area contributed by atoms with Crippen LogP contribution in [0.2, 0.25) is 0 Å². The summed E-state index contributed by atoms with van der Waals surface area (Å²) in [5, 5.41) is 5.14. The third kappa shape index (κ3) is 5.18. The summed E-state index contributed by atoms with van der Waals surface area (Å²) in [7, 11) is -4.11. The number of nitrogens with one attached hydrogen (secondary N) is 2. The van der Waals surface area contributed by atoms with Crippen LogP contribution in [-0.2, 0) is 14.9 Å². The number of hydrogen-bond acceptors (Lipinski definition) is 5. The topological polar surface area (TPSA) is 102 Å². The van der Waals surface area contributed by atoms with Crippen molar-refractivity contribution in [1.29, 1.82) is 0 Å². The molecular formula is C18H18N2O5S. The molecule has 0 atom stereocenters. The standard InChI is InChI=1S/C18H18N2O5S/c1-3-11-19-18(22)14-5-4-6-17(12-14)26(23,24)25-16-9-7-15(8-10-16)20-13(2)21/h3-10,12H,1,11H2,2H3,(H,19,22)(H,20,21). The van der Waals surface area contributed by atoms with E-state index < -0.39 is 16.0 Å². The first-order valence-electron chi connectivity index (χ1n) is 7.63. The molecule has 0 radical (unpaired) electrons. The minimum Gasteiger partial charge on any atom is -0.379 e. The number of carbonyl (C=O) groups is 2. The molecule has 0 aliphatic carbocycles. The van der Waals surface area contributed by atoms with Crippen LogP contribution < -0.4 is 14.8 Å². The molecule has 0 spiro atoms. The van der Waals surface area contributed by atoms with E-state index in [-0.39, 0.29) is 28.7 Å². The summed E-state index contributed by atoms with van der Waals surface area (Å²) in [5.74, 6) is -0.569. The molecule has 0 saturated heterocycles. The van der Waals surface area contributed by atoms with E-state index in [1.165, 1.54) is 61.5 Å². The van der Waals surface area contributed by atoms with Crippen molar-refractivity contribution in [3.05, 3.63) is 66.7 Å². The Balaban J connectivity index is 2.18. The fourth-order valence-electron chi connectivity index (χ4n) is 2.03. The Morgan fingerprint density at radius 3 is 2.46 bits per heavy atom. The Kier molecular flexibility index (Phi) is 6.13. The highest BCUT2D eigenvalue weighted by Crippen LogP contribution is 2.21. The molecule has 7 nitrogen and oxygen atoms in total. The Morgan fingerprint density at radius 2 is 1.85 bits per heavy atom. The molecule has 0 fully saturated rings. The zero-order valence-corrected chi connectivity index (χ0v) is 14.9. The van der Waals surface area contributed by atoms with Crippen molar-refractivity contribution in [2.24, 2.45) is 0 Å². The van der Waals surface area contributed by atoms with Gasteiger partial charge < -0.3 is 14.8 Å². The van der Waals surface area contributed by atoms with Crippen LogP contribution in [-0.4, -0.2) is 26.8 Å². The third-order valence-corrected chi connectivity index (χ3v) is 4.42. The number of carbonyl (C=O) groups excluding carboxylic acids is 2. The quantitative estimate of drug-likeness (QED) is 0.572. The number of rotatable bonds is 7. The van der Waals surface area contributed by atoms with Gasteiger partial charge in [0, 0.05) is 24.7 Å². The molecule has 0 aliphatic heterocycles. The molecule has 2 N–H and O–H groups in total. The highest BCUT2D eigenvalue weighted by Gasteiger charge is 2.18. The second-order valence-corrected chi connectivity index (χ2v) is 6.82. The molecule has 0 heterocycles. The molecule has 0 unspecified atom stereocenters. The van der Waals surface area contributed by atoms with Crippen molar-refractivity contribution in [1.82, 2.24) is 5.32 Å². The predicted molar refractivity (Wildman–Crippen MR) is 97.5 cm³/mol. The van der Waals surface area contributed by atoms with Crippen LogP contribution in [0.1, 0.15) is 17.3 Å². The van der Waals surface area contributed by atoms with E-state index in [4.69, 9.17) is 4.18 Å². The molecule has 136 valence electrons. The largest absolute Gasteiger partial charge is 0.379 e. The predicted octanol–water partition coefficient (Wildman–Crippen LogP) is 2.33. The SMILES string of the molecule is C=CCNC(=O)c1cccc(S(=O)(=O)Oc2ccc(NC(C)=O)cc2)c1. The van der Waals surface area contributed by atoms with Crippen LogP contribution in [0.3, 0.4) is 0 Å². The molecule has 0 aromatic heterocycles. The summed E-state index contributed by atoms with van der Waals surface area (Å²) in [6.45, 7) is 5.14. The van der Waals surface area contributed by atoms with Crippen molar-refractivity contribution in [2.75, 3.05) is 11.9 Å². The lowest BCUT2D eigenvalue weighted by molar-refractivity contribution is -0.114. The van der Waals surface area contributed by atoms with Gasteiger partial charge in [-0.3, -0.25) is 9.59 Å². The zero-order valence-electron chi connectivity index (χ0n) is 14.1. The molecule has 8 heteroatoms. The highest BCUT2D eigenvalue weighted by atomic mass is 32.2. The summed E-state index contributed by atoms with van der Waals surface area (Å²) in [4.78, 5) is 22.8.